The van der Waals surface area contributed by atoms with Gasteiger partial charge in [0, 0.05) is 12.7 Å². The van der Waals surface area contributed by atoms with Crippen LogP contribution >= 0.6 is 34.5 Å². The normalized spacial score (nSPS) is 18.5. The van der Waals surface area contributed by atoms with E-state index in [4.69, 9.17) is 32.9 Å². The fraction of sp³-hybridized carbons (Fsp3) is 0.250. The predicted octanol–water partition coefficient (Wildman–Crippen LogP) is 4.58. The zero-order valence-corrected chi connectivity index (χ0v) is 14.4. The summed E-state index contributed by atoms with van der Waals surface area (Å²) in [5.41, 5.74) is 1.01. The van der Waals surface area contributed by atoms with Crippen LogP contribution < -0.4 is 4.90 Å². The van der Waals surface area contributed by atoms with Crippen LogP contribution in [0.25, 0.3) is 10.2 Å². The summed E-state index contributed by atoms with van der Waals surface area (Å²) in [6.45, 7) is 1.93. The van der Waals surface area contributed by atoms with Crippen LogP contribution in [0.3, 0.4) is 0 Å². The minimum atomic E-state index is 0.00678. The molecule has 1 unspecified atom stereocenters. The third kappa shape index (κ3) is 2.90. The van der Waals surface area contributed by atoms with Crippen molar-refractivity contribution in [2.75, 3.05) is 24.7 Å². The minimum Gasteiger partial charge on any atom is -0.377 e. The smallest absolute Gasteiger partial charge is 0.148 e. The predicted molar refractivity (Wildman–Crippen MR) is 94.8 cm³/mol. The van der Waals surface area contributed by atoms with Gasteiger partial charge < -0.3 is 9.64 Å². The summed E-state index contributed by atoms with van der Waals surface area (Å²) in [7, 11) is 0. The topological polar surface area (TPSA) is 38.2 Å². The molecule has 0 amide bonds. The lowest BCUT2D eigenvalue weighted by molar-refractivity contribution is 0.0937. The Balaban J connectivity index is 1.75. The lowest BCUT2D eigenvalue weighted by Crippen LogP contribution is -2.40. The van der Waals surface area contributed by atoms with Crippen molar-refractivity contribution in [1.82, 2.24) is 9.97 Å². The number of fused-ring (bicyclic) bond motifs is 1. The number of anilines is 1. The third-order valence-corrected chi connectivity index (χ3v) is 5.41. The third-order valence-electron chi connectivity index (χ3n) is 3.78. The van der Waals surface area contributed by atoms with E-state index in [1.807, 2.05) is 18.2 Å². The van der Waals surface area contributed by atoms with Gasteiger partial charge in [0.25, 0.3) is 0 Å². The van der Waals surface area contributed by atoms with E-state index in [9.17, 15) is 0 Å². The first-order valence-electron chi connectivity index (χ1n) is 7.23. The number of morpholine rings is 1. The Morgan fingerprint density at radius 3 is 2.96 bits per heavy atom. The van der Waals surface area contributed by atoms with E-state index in [1.54, 1.807) is 23.6 Å². The number of para-hydroxylation sites is 1. The molecule has 1 aromatic carbocycles. The zero-order valence-electron chi connectivity index (χ0n) is 12.1. The monoisotopic (exact) mass is 365 g/mol. The van der Waals surface area contributed by atoms with Crippen molar-refractivity contribution >= 4 is 50.6 Å². The van der Waals surface area contributed by atoms with Crippen molar-refractivity contribution in [3.8, 4) is 0 Å². The molecule has 0 saturated carbocycles. The van der Waals surface area contributed by atoms with Gasteiger partial charge >= 0.3 is 0 Å². The molecule has 1 saturated heterocycles. The molecular formula is C16H13Cl2N3OS. The van der Waals surface area contributed by atoms with E-state index >= 15 is 0 Å². The number of ether oxygens (including phenoxy) is 1. The van der Waals surface area contributed by atoms with Gasteiger partial charge in [0.1, 0.15) is 16.9 Å². The van der Waals surface area contributed by atoms with Crippen molar-refractivity contribution in [3.05, 3.63) is 51.6 Å². The van der Waals surface area contributed by atoms with Crippen molar-refractivity contribution in [2.45, 2.75) is 6.04 Å². The Hall–Kier alpha value is -1.40. The molecule has 1 fully saturated rings. The summed E-state index contributed by atoms with van der Waals surface area (Å²) < 4.78 is 6.85. The molecule has 0 radical (unpaired) electrons. The van der Waals surface area contributed by atoms with Crippen LogP contribution in [0.1, 0.15) is 11.0 Å². The fourth-order valence-corrected chi connectivity index (χ4v) is 4.27. The summed E-state index contributed by atoms with van der Waals surface area (Å²) in [6.07, 6.45) is 1.62. The number of thiazole rings is 1. The number of hydrogen-bond acceptors (Lipinski definition) is 5. The van der Waals surface area contributed by atoms with Crippen LogP contribution in [0, 0.1) is 0 Å². The van der Waals surface area contributed by atoms with Crippen LogP contribution in [0.4, 0.5) is 5.82 Å². The highest BCUT2D eigenvalue weighted by Crippen LogP contribution is 2.36. The van der Waals surface area contributed by atoms with Crippen molar-refractivity contribution in [1.29, 1.82) is 0 Å². The first-order chi connectivity index (χ1) is 11.2. The SMILES string of the molecule is Clc1cnc(N2CCOCC2c2nc3ccccc3s2)c(Cl)c1. The van der Waals surface area contributed by atoms with Gasteiger partial charge in [-0.2, -0.15) is 0 Å². The second-order valence-corrected chi connectivity index (χ2v) is 7.17. The fourth-order valence-electron chi connectivity index (χ4n) is 2.71. The molecule has 0 spiro atoms. The zero-order chi connectivity index (χ0) is 15.8. The molecule has 0 N–H and O–H groups in total. The number of rotatable bonds is 2. The molecule has 4 nitrogen and oxygen atoms in total. The number of nitrogens with zero attached hydrogens (tertiary/aromatic N) is 3. The highest BCUT2D eigenvalue weighted by molar-refractivity contribution is 7.18. The summed E-state index contributed by atoms with van der Waals surface area (Å²) in [6, 6.07) is 9.85. The number of benzene rings is 1. The van der Waals surface area contributed by atoms with Gasteiger partial charge in [-0.05, 0) is 18.2 Å². The van der Waals surface area contributed by atoms with Crippen LogP contribution in [-0.2, 0) is 4.74 Å². The highest BCUT2D eigenvalue weighted by Gasteiger charge is 2.29. The Labute approximate surface area is 147 Å². The molecule has 7 heteroatoms. The number of aromatic nitrogens is 2. The Morgan fingerprint density at radius 1 is 1.26 bits per heavy atom. The largest absolute Gasteiger partial charge is 0.377 e. The van der Waals surface area contributed by atoms with Crippen molar-refractivity contribution in [3.63, 3.8) is 0 Å². The molecule has 2 aromatic heterocycles. The molecule has 3 aromatic rings. The average molecular weight is 366 g/mol. The van der Waals surface area contributed by atoms with Gasteiger partial charge in [-0.3, -0.25) is 0 Å². The molecule has 23 heavy (non-hydrogen) atoms. The molecule has 1 aliphatic rings. The minimum absolute atomic E-state index is 0.00678. The maximum absolute atomic E-state index is 6.35. The summed E-state index contributed by atoms with van der Waals surface area (Å²) >= 11 is 14.0. The van der Waals surface area contributed by atoms with E-state index in [-0.39, 0.29) is 6.04 Å². The van der Waals surface area contributed by atoms with Crippen LogP contribution in [-0.4, -0.2) is 29.7 Å². The lowest BCUT2D eigenvalue weighted by Gasteiger charge is -2.35. The van der Waals surface area contributed by atoms with Crippen molar-refractivity contribution in [2.24, 2.45) is 0 Å². The van der Waals surface area contributed by atoms with Gasteiger partial charge in [0.2, 0.25) is 0 Å². The van der Waals surface area contributed by atoms with E-state index in [2.05, 4.69) is 16.0 Å². The first kappa shape index (κ1) is 15.1. The Kier molecular flexibility index (Phi) is 4.11. The van der Waals surface area contributed by atoms with Crippen LogP contribution in [0.2, 0.25) is 10.0 Å². The molecular weight excluding hydrogens is 353 g/mol. The van der Waals surface area contributed by atoms with Gasteiger partial charge in [0.05, 0.1) is 33.5 Å². The highest BCUT2D eigenvalue weighted by atomic mass is 35.5. The number of pyridine rings is 1. The standard InChI is InChI=1S/C16H13Cl2N3OS/c17-10-7-11(18)15(19-8-10)21-5-6-22-9-13(21)16-20-12-3-1-2-4-14(12)23-16/h1-4,7-8,13H,5-6,9H2. The maximum atomic E-state index is 6.35. The first-order valence-corrected chi connectivity index (χ1v) is 8.80. The van der Waals surface area contributed by atoms with Gasteiger partial charge in [-0.25, -0.2) is 9.97 Å². The summed E-state index contributed by atoms with van der Waals surface area (Å²) in [4.78, 5) is 11.3. The quantitative estimate of drug-likeness (QED) is 0.666. The van der Waals surface area contributed by atoms with Crippen LogP contribution in [0.15, 0.2) is 36.5 Å². The van der Waals surface area contributed by atoms with E-state index in [1.165, 1.54) is 4.70 Å². The van der Waals surface area contributed by atoms with E-state index < -0.39 is 0 Å². The molecule has 1 aliphatic heterocycles. The second-order valence-electron chi connectivity index (χ2n) is 5.26. The van der Waals surface area contributed by atoms with Crippen molar-refractivity contribution < 1.29 is 4.74 Å². The Morgan fingerprint density at radius 2 is 2.13 bits per heavy atom. The molecule has 1 atom stereocenters. The average Bonchev–Trinajstić information content (AvgIpc) is 2.99. The summed E-state index contributed by atoms with van der Waals surface area (Å²) in [5, 5.41) is 2.09. The Bertz CT molecular complexity index is 821. The van der Waals surface area contributed by atoms with Crippen LogP contribution in [0.5, 0.6) is 0 Å². The molecule has 0 aliphatic carbocycles. The number of hydrogen-bond donors (Lipinski definition) is 0. The lowest BCUT2D eigenvalue weighted by atomic mass is 10.2. The van der Waals surface area contributed by atoms with E-state index in [0.717, 1.165) is 22.9 Å². The van der Waals surface area contributed by atoms with E-state index in [0.29, 0.717) is 23.3 Å². The summed E-state index contributed by atoms with van der Waals surface area (Å²) in [5.74, 6) is 0.726. The molecule has 118 valence electrons. The maximum Gasteiger partial charge on any atom is 0.148 e. The second kappa shape index (κ2) is 6.24. The van der Waals surface area contributed by atoms with Gasteiger partial charge in [0.15, 0.2) is 0 Å². The molecule has 4 rings (SSSR count). The van der Waals surface area contributed by atoms with Gasteiger partial charge in [-0.15, -0.1) is 11.3 Å². The molecule has 0 bridgehead atoms. The number of halogens is 2. The molecule has 3 heterocycles. The van der Waals surface area contributed by atoms with Gasteiger partial charge in [-0.1, -0.05) is 35.3 Å².